The fourth-order valence-electron chi connectivity index (χ4n) is 1.01. The van der Waals surface area contributed by atoms with Crippen LogP contribution in [-0.4, -0.2) is 10.8 Å². The minimum atomic E-state index is -0.145. The lowest BCUT2D eigenvalue weighted by Crippen LogP contribution is -2.23. The second-order valence-corrected chi connectivity index (χ2v) is 2.44. The Morgan fingerprint density at radius 1 is 1.38 bits per heavy atom. The SMILES string of the molecule is C=C/C=C1/C=CC=CN1C(=O)C=C. The summed E-state index contributed by atoms with van der Waals surface area (Å²) in [6.45, 7) is 7.00. The summed E-state index contributed by atoms with van der Waals surface area (Å²) in [4.78, 5) is 12.8. The van der Waals surface area contributed by atoms with Crippen LogP contribution in [0.4, 0.5) is 0 Å². The molecule has 1 aliphatic rings. The third-order valence-corrected chi connectivity index (χ3v) is 1.59. The third kappa shape index (κ3) is 2.06. The molecule has 0 aromatic heterocycles. The Hall–Kier alpha value is -1.83. The highest BCUT2D eigenvalue weighted by Gasteiger charge is 2.10. The molecule has 0 N–H and O–H groups in total. The Kier molecular flexibility index (Phi) is 3.03. The molecule has 0 aromatic carbocycles. The van der Waals surface area contributed by atoms with E-state index in [0.29, 0.717) is 0 Å². The molecule has 1 heterocycles. The van der Waals surface area contributed by atoms with Crippen molar-refractivity contribution in [2.45, 2.75) is 0 Å². The van der Waals surface area contributed by atoms with Gasteiger partial charge in [-0.15, -0.1) is 0 Å². The minimum Gasteiger partial charge on any atom is -0.284 e. The first-order valence-corrected chi connectivity index (χ1v) is 3.93. The number of rotatable bonds is 2. The molecule has 2 heteroatoms. The lowest BCUT2D eigenvalue weighted by Gasteiger charge is -2.19. The van der Waals surface area contributed by atoms with Gasteiger partial charge in [-0.3, -0.25) is 9.69 Å². The minimum absolute atomic E-state index is 0.145. The Morgan fingerprint density at radius 2 is 2.15 bits per heavy atom. The smallest absolute Gasteiger partial charge is 0.254 e. The van der Waals surface area contributed by atoms with E-state index in [1.54, 1.807) is 24.4 Å². The van der Waals surface area contributed by atoms with E-state index in [2.05, 4.69) is 13.2 Å². The van der Waals surface area contributed by atoms with E-state index in [9.17, 15) is 4.79 Å². The molecule has 0 saturated heterocycles. The van der Waals surface area contributed by atoms with E-state index in [1.165, 1.54) is 11.0 Å². The van der Waals surface area contributed by atoms with E-state index in [0.717, 1.165) is 5.70 Å². The molecule has 0 aliphatic carbocycles. The first-order valence-electron chi connectivity index (χ1n) is 3.93. The fourth-order valence-corrected chi connectivity index (χ4v) is 1.01. The number of carbonyl (C=O) groups excluding carboxylic acids is 1. The maximum Gasteiger partial charge on any atom is 0.254 e. The Morgan fingerprint density at radius 3 is 2.77 bits per heavy atom. The number of hydrogen-bond acceptors (Lipinski definition) is 1. The molecule has 0 atom stereocenters. The molecule has 2 nitrogen and oxygen atoms in total. The molecular formula is C11H11NO. The van der Waals surface area contributed by atoms with Crippen molar-refractivity contribution in [1.82, 2.24) is 4.90 Å². The predicted octanol–water partition coefficient (Wildman–Crippen LogP) is 2.15. The number of amides is 1. The average molecular weight is 173 g/mol. The number of carbonyl (C=O) groups is 1. The van der Waals surface area contributed by atoms with Crippen molar-refractivity contribution in [2.24, 2.45) is 0 Å². The molecular weight excluding hydrogens is 162 g/mol. The van der Waals surface area contributed by atoms with Crippen LogP contribution in [0.5, 0.6) is 0 Å². The largest absolute Gasteiger partial charge is 0.284 e. The number of hydrogen-bond donors (Lipinski definition) is 0. The van der Waals surface area contributed by atoms with Crippen LogP contribution in [0.25, 0.3) is 0 Å². The summed E-state index contributed by atoms with van der Waals surface area (Å²) in [5.41, 5.74) is 0.794. The number of allylic oxidation sites excluding steroid dienone is 5. The van der Waals surface area contributed by atoms with Gasteiger partial charge in [-0.25, -0.2) is 0 Å². The summed E-state index contributed by atoms with van der Waals surface area (Å²) in [6, 6.07) is 0. The highest BCUT2D eigenvalue weighted by atomic mass is 16.2. The molecule has 0 fully saturated rings. The highest BCUT2D eigenvalue weighted by Crippen LogP contribution is 2.12. The van der Waals surface area contributed by atoms with Crippen LogP contribution in [0.1, 0.15) is 0 Å². The van der Waals surface area contributed by atoms with Gasteiger partial charge in [-0.2, -0.15) is 0 Å². The molecule has 0 radical (unpaired) electrons. The van der Waals surface area contributed by atoms with Crippen molar-refractivity contribution < 1.29 is 4.79 Å². The first kappa shape index (κ1) is 9.26. The lowest BCUT2D eigenvalue weighted by molar-refractivity contribution is -0.121. The third-order valence-electron chi connectivity index (χ3n) is 1.59. The predicted molar refractivity (Wildman–Crippen MR) is 53.6 cm³/mol. The summed E-state index contributed by atoms with van der Waals surface area (Å²) in [7, 11) is 0. The summed E-state index contributed by atoms with van der Waals surface area (Å²) >= 11 is 0. The highest BCUT2D eigenvalue weighted by molar-refractivity contribution is 5.90. The van der Waals surface area contributed by atoms with Crippen molar-refractivity contribution in [1.29, 1.82) is 0 Å². The van der Waals surface area contributed by atoms with Gasteiger partial charge in [0, 0.05) is 11.9 Å². The molecule has 66 valence electrons. The van der Waals surface area contributed by atoms with Crippen LogP contribution < -0.4 is 0 Å². The maximum atomic E-state index is 11.3. The molecule has 1 aliphatic heterocycles. The van der Waals surface area contributed by atoms with Crippen LogP contribution in [0.3, 0.4) is 0 Å². The van der Waals surface area contributed by atoms with Crippen LogP contribution in [0.15, 0.2) is 61.5 Å². The van der Waals surface area contributed by atoms with Gasteiger partial charge in [0.25, 0.3) is 5.91 Å². The van der Waals surface area contributed by atoms with Crippen molar-refractivity contribution in [3.63, 3.8) is 0 Å². The van der Waals surface area contributed by atoms with Crippen LogP contribution in [-0.2, 0) is 4.79 Å². The molecule has 0 saturated carbocycles. The zero-order chi connectivity index (χ0) is 9.68. The van der Waals surface area contributed by atoms with E-state index in [-0.39, 0.29) is 5.91 Å². The standard InChI is InChI=1S/C11H11NO/c1-3-7-10-8-5-6-9-12(10)11(13)4-2/h3-9H,1-2H2/b10-7-. The van der Waals surface area contributed by atoms with Gasteiger partial charge in [0.05, 0.1) is 0 Å². The van der Waals surface area contributed by atoms with Crippen LogP contribution >= 0.6 is 0 Å². The van der Waals surface area contributed by atoms with E-state index in [1.807, 2.05) is 12.2 Å². The van der Waals surface area contributed by atoms with Crippen LogP contribution in [0.2, 0.25) is 0 Å². The molecule has 0 aromatic rings. The van der Waals surface area contributed by atoms with E-state index in [4.69, 9.17) is 0 Å². The van der Waals surface area contributed by atoms with E-state index >= 15 is 0 Å². The summed E-state index contributed by atoms with van der Waals surface area (Å²) in [5.74, 6) is -0.145. The van der Waals surface area contributed by atoms with Gasteiger partial charge in [0.1, 0.15) is 0 Å². The van der Waals surface area contributed by atoms with Gasteiger partial charge in [-0.1, -0.05) is 25.3 Å². The van der Waals surface area contributed by atoms with Crippen molar-refractivity contribution in [3.05, 3.63) is 61.5 Å². The second kappa shape index (κ2) is 4.26. The second-order valence-electron chi connectivity index (χ2n) is 2.44. The monoisotopic (exact) mass is 173 g/mol. The van der Waals surface area contributed by atoms with Gasteiger partial charge < -0.3 is 0 Å². The molecule has 1 rings (SSSR count). The first-order chi connectivity index (χ1) is 6.29. The lowest BCUT2D eigenvalue weighted by atomic mass is 10.2. The van der Waals surface area contributed by atoms with Crippen LogP contribution in [0, 0.1) is 0 Å². The molecule has 0 bridgehead atoms. The van der Waals surface area contributed by atoms with Crippen molar-refractivity contribution in [3.8, 4) is 0 Å². The summed E-state index contributed by atoms with van der Waals surface area (Å²) < 4.78 is 0. The zero-order valence-electron chi connectivity index (χ0n) is 7.31. The molecule has 0 unspecified atom stereocenters. The normalized spacial score (nSPS) is 17.5. The van der Waals surface area contributed by atoms with Crippen molar-refractivity contribution >= 4 is 5.91 Å². The summed E-state index contributed by atoms with van der Waals surface area (Å²) in [6.07, 6.45) is 11.9. The van der Waals surface area contributed by atoms with Crippen molar-refractivity contribution in [2.75, 3.05) is 0 Å². The van der Waals surface area contributed by atoms with Gasteiger partial charge in [0.2, 0.25) is 0 Å². The molecule has 13 heavy (non-hydrogen) atoms. The number of nitrogens with zero attached hydrogens (tertiary/aromatic N) is 1. The van der Waals surface area contributed by atoms with Gasteiger partial charge >= 0.3 is 0 Å². The fraction of sp³-hybridized carbons (Fsp3) is 0. The quantitative estimate of drug-likeness (QED) is 0.586. The van der Waals surface area contributed by atoms with Gasteiger partial charge in [0.15, 0.2) is 0 Å². The molecule has 0 spiro atoms. The average Bonchev–Trinajstić information content (AvgIpc) is 2.18. The Labute approximate surface area is 77.9 Å². The zero-order valence-corrected chi connectivity index (χ0v) is 7.31. The Balaban J connectivity index is 2.94. The summed E-state index contributed by atoms with van der Waals surface area (Å²) in [5, 5.41) is 0. The molecule has 1 amide bonds. The maximum absolute atomic E-state index is 11.3. The van der Waals surface area contributed by atoms with E-state index < -0.39 is 0 Å². The Bertz CT molecular complexity index is 321. The topological polar surface area (TPSA) is 20.3 Å². The van der Waals surface area contributed by atoms with Gasteiger partial charge in [-0.05, 0) is 24.3 Å².